The third kappa shape index (κ3) is 3.94. The number of rotatable bonds is 6. The van der Waals surface area contributed by atoms with Crippen LogP contribution >= 0.6 is 0 Å². The topological polar surface area (TPSA) is 194 Å². The lowest BCUT2D eigenvalue weighted by atomic mass is 9.42. The predicted molar refractivity (Wildman–Crippen MR) is 164 cm³/mol. The Hall–Kier alpha value is -3.41. The Bertz CT molecular complexity index is 1490. The van der Waals surface area contributed by atoms with Crippen molar-refractivity contribution in [3.8, 4) is 5.75 Å². The van der Waals surface area contributed by atoms with Crippen molar-refractivity contribution < 1.29 is 39.9 Å². The van der Waals surface area contributed by atoms with Gasteiger partial charge in [-0.05, 0) is 63.2 Å². The normalized spacial score (nSPS) is 37.1. The maximum atomic E-state index is 14.5. The summed E-state index contributed by atoms with van der Waals surface area (Å²) in [6.45, 7) is 6.78. The van der Waals surface area contributed by atoms with Gasteiger partial charge in [-0.3, -0.25) is 19.3 Å². The van der Waals surface area contributed by atoms with Crippen LogP contribution in [0, 0.1) is 16.7 Å². The van der Waals surface area contributed by atoms with Crippen molar-refractivity contribution in [2.45, 2.75) is 95.9 Å². The van der Waals surface area contributed by atoms with Gasteiger partial charge in [0, 0.05) is 11.5 Å². The Kier molecular flexibility index (Phi) is 7.71. The molecular weight excluding hydrogens is 566 g/mol. The van der Waals surface area contributed by atoms with Crippen molar-refractivity contribution >= 4 is 28.9 Å². The molecular formula is C33H45N3O8. The summed E-state index contributed by atoms with van der Waals surface area (Å²) in [6.07, 6.45) is 4.62. The molecule has 11 heteroatoms. The van der Waals surface area contributed by atoms with Crippen molar-refractivity contribution in [1.29, 1.82) is 0 Å². The molecule has 0 bridgehead atoms. The SMILES string of the molecule is CCCC1CCC(Nc2ccc3c(c2O)C(O)=C2C(=O)[C@]4(O)C(O)=C(C(N)=O)C(=O)[C@@H](N(C)C)[C@]4(C)[C@@H](O)[C@]2(C)[C@H]3C)CC1. The Balaban J connectivity index is 1.68. The van der Waals surface area contributed by atoms with Crippen LogP contribution in [0.15, 0.2) is 29.0 Å². The highest BCUT2D eigenvalue weighted by Crippen LogP contribution is 2.66. The minimum Gasteiger partial charge on any atom is -0.508 e. The van der Waals surface area contributed by atoms with Crippen molar-refractivity contribution in [1.82, 2.24) is 4.90 Å². The Morgan fingerprint density at radius 2 is 1.70 bits per heavy atom. The number of nitrogens with one attached hydrogen (secondary N) is 1. The van der Waals surface area contributed by atoms with Crippen molar-refractivity contribution in [2.24, 2.45) is 22.5 Å². The van der Waals surface area contributed by atoms with E-state index in [-0.39, 0.29) is 17.4 Å². The van der Waals surface area contributed by atoms with E-state index in [4.69, 9.17) is 5.73 Å². The van der Waals surface area contributed by atoms with E-state index < -0.39 is 74.6 Å². The van der Waals surface area contributed by atoms with Gasteiger partial charge in [-0.2, -0.15) is 0 Å². The number of aliphatic hydroxyl groups excluding tert-OH is 3. The molecule has 11 nitrogen and oxygen atoms in total. The number of anilines is 1. The summed E-state index contributed by atoms with van der Waals surface area (Å²) in [5, 5.41) is 62.4. The number of carbonyl (C=O) groups excluding carboxylic acids is 3. The molecule has 2 saturated carbocycles. The molecule has 2 fully saturated rings. The maximum Gasteiger partial charge on any atom is 0.255 e. The number of Topliss-reactive ketones (excluding diaryl/α,β-unsaturated/α-hetero) is 2. The Morgan fingerprint density at radius 1 is 1.09 bits per heavy atom. The van der Waals surface area contributed by atoms with Crippen LogP contribution in [-0.2, 0) is 14.4 Å². The first-order chi connectivity index (χ1) is 20.5. The van der Waals surface area contributed by atoms with Gasteiger partial charge in [-0.25, -0.2) is 0 Å². The molecule has 4 aliphatic rings. The summed E-state index contributed by atoms with van der Waals surface area (Å²) in [6, 6.07) is 2.12. The lowest BCUT2D eigenvalue weighted by Crippen LogP contribution is -2.78. The molecule has 0 aromatic heterocycles. The summed E-state index contributed by atoms with van der Waals surface area (Å²) >= 11 is 0. The number of hydrogen-bond acceptors (Lipinski definition) is 10. The van der Waals surface area contributed by atoms with Crippen molar-refractivity contribution in [3.63, 3.8) is 0 Å². The third-order valence-electron chi connectivity index (χ3n) is 11.4. The number of amides is 1. The fourth-order valence-electron chi connectivity index (χ4n) is 8.87. The van der Waals surface area contributed by atoms with Gasteiger partial charge in [-0.15, -0.1) is 0 Å². The second kappa shape index (κ2) is 10.6. The first-order valence-corrected chi connectivity index (χ1v) is 15.5. The number of phenols is 1. The average Bonchev–Trinajstić information content (AvgIpc) is 2.95. The van der Waals surface area contributed by atoms with Crippen LogP contribution in [0.3, 0.4) is 0 Å². The van der Waals surface area contributed by atoms with E-state index in [1.165, 1.54) is 32.3 Å². The lowest BCUT2D eigenvalue weighted by molar-refractivity contribution is -0.211. The van der Waals surface area contributed by atoms with E-state index in [0.717, 1.165) is 32.1 Å². The lowest BCUT2D eigenvalue weighted by Gasteiger charge is -2.63. The molecule has 0 saturated heterocycles. The molecule has 0 heterocycles. The highest BCUT2D eigenvalue weighted by molar-refractivity contribution is 6.25. The molecule has 0 spiro atoms. The highest BCUT2D eigenvalue weighted by Gasteiger charge is 2.77. The van der Waals surface area contributed by atoms with Crippen LogP contribution in [0.4, 0.5) is 5.69 Å². The van der Waals surface area contributed by atoms with E-state index in [1.54, 1.807) is 26.0 Å². The third-order valence-corrected chi connectivity index (χ3v) is 11.4. The molecule has 1 aromatic rings. The zero-order valence-corrected chi connectivity index (χ0v) is 26.3. The van der Waals surface area contributed by atoms with E-state index in [2.05, 4.69) is 12.2 Å². The molecule has 0 aliphatic heterocycles. The van der Waals surface area contributed by atoms with Crippen LogP contribution in [0.1, 0.15) is 83.3 Å². The van der Waals surface area contributed by atoms with Gasteiger partial charge in [0.15, 0.2) is 11.4 Å². The van der Waals surface area contributed by atoms with Gasteiger partial charge >= 0.3 is 0 Å². The minimum absolute atomic E-state index is 0.0166. The molecule has 8 N–H and O–H groups in total. The van der Waals surface area contributed by atoms with Gasteiger partial charge in [0.25, 0.3) is 5.91 Å². The number of aromatic hydroxyl groups is 1. The maximum absolute atomic E-state index is 14.5. The van der Waals surface area contributed by atoms with Crippen LogP contribution in [0.25, 0.3) is 5.76 Å². The molecule has 6 atom stereocenters. The number of primary amides is 1. The summed E-state index contributed by atoms with van der Waals surface area (Å²) in [4.78, 5) is 41.8. The monoisotopic (exact) mass is 611 g/mol. The summed E-state index contributed by atoms with van der Waals surface area (Å²) in [5.74, 6) is -5.70. The first-order valence-electron chi connectivity index (χ1n) is 15.5. The van der Waals surface area contributed by atoms with E-state index >= 15 is 0 Å². The molecule has 1 aromatic carbocycles. The van der Waals surface area contributed by atoms with Gasteiger partial charge in [0.1, 0.15) is 22.8 Å². The van der Waals surface area contributed by atoms with Crippen LogP contribution in [0.2, 0.25) is 0 Å². The average molecular weight is 612 g/mol. The number of hydrogen-bond donors (Lipinski definition) is 7. The number of aliphatic hydroxyl groups is 4. The largest absolute Gasteiger partial charge is 0.508 e. The number of nitrogens with zero attached hydrogens (tertiary/aromatic N) is 1. The second-order valence-corrected chi connectivity index (χ2v) is 13.8. The minimum atomic E-state index is -3.01. The number of ketones is 2. The standard InChI is InChI=1S/C33H45N3O8/c1-7-8-16-9-11-17(12-10-16)35-19-14-13-18-15(2)31(3)22(24(38)20(18)23(19)37)28(41)33(44)27(40)21(29(34)42)25(39)26(36(5)6)32(33,4)30(31)43/h13-17,26,30,35,37-38,40,43-44H,7-12H2,1-6H3,(H2,34,42)/t15-,16?,17?,26+,30-,31+,32+,33+/m0/s1. The van der Waals surface area contributed by atoms with Crippen LogP contribution in [-0.4, -0.2) is 85.8 Å². The smallest absolute Gasteiger partial charge is 0.255 e. The summed E-state index contributed by atoms with van der Waals surface area (Å²) in [7, 11) is 2.97. The molecule has 1 amide bonds. The molecule has 0 radical (unpaired) electrons. The number of fused-ring (bicyclic) bond motifs is 3. The zero-order valence-electron chi connectivity index (χ0n) is 26.3. The van der Waals surface area contributed by atoms with Crippen LogP contribution in [0.5, 0.6) is 5.75 Å². The van der Waals surface area contributed by atoms with Crippen LogP contribution < -0.4 is 11.1 Å². The highest BCUT2D eigenvalue weighted by atomic mass is 16.4. The second-order valence-electron chi connectivity index (χ2n) is 13.8. The Morgan fingerprint density at radius 3 is 2.25 bits per heavy atom. The fourth-order valence-corrected chi connectivity index (χ4v) is 8.87. The van der Waals surface area contributed by atoms with Gasteiger partial charge in [0.05, 0.1) is 34.4 Å². The van der Waals surface area contributed by atoms with Gasteiger partial charge < -0.3 is 36.6 Å². The quantitative estimate of drug-likeness (QED) is 0.186. The Labute approximate surface area is 257 Å². The molecule has 240 valence electrons. The fraction of sp³-hybridized carbons (Fsp3) is 0.606. The number of carbonyl (C=O) groups is 3. The first kappa shape index (κ1) is 32.0. The number of phenolic OH excluding ortho intramolecular Hbond substituents is 1. The van der Waals surface area contributed by atoms with Crippen molar-refractivity contribution in [3.05, 3.63) is 40.2 Å². The molecule has 4 aliphatic carbocycles. The van der Waals surface area contributed by atoms with E-state index in [1.807, 2.05) is 0 Å². The number of nitrogens with two attached hydrogens (primary N) is 1. The predicted octanol–water partition coefficient (Wildman–Crippen LogP) is 3.05. The van der Waals surface area contributed by atoms with Gasteiger partial charge in [0.2, 0.25) is 5.78 Å². The molecule has 5 rings (SSSR count). The zero-order chi connectivity index (χ0) is 32.7. The summed E-state index contributed by atoms with van der Waals surface area (Å²) in [5.41, 5.74) is -1.78. The molecule has 0 unspecified atom stereocenters. The van der Waals surface area contributed by atoms with Crippen molar-refractivity contribution in [2.75, 3.05) is 19.4 Å². The number of likely N-dealkylation sites (N-methyl/N-ethyl adjacent to an activating group) is 1. The van der Waals surface area contributed by atoms with E-state index in [0.29, 0.717) is 17.2 Å². The summed E-state index contributed by atoms with van der Waals surface area (Å²) < 4.78 is 0. The van der Waals surface area contributed by atoms with E-state index in [9.17, 15) is 39.9 Å². The molecule has 44 heavy (non-hydrogen) atoms. The van der Waals surface area contributed by atoms with Gasteiger partial charge in [-0.1, -0.05) is 46.6 Å². The number of benzene rings is 1.